The zero-order chi connectivity index (χ0) is 13.1. The molecular weight excluding hydrogens is 273 g/mol. The Morgan fingerprint density at radius 1 is 1.39 bits per heavy atom. The number of aliphatic hydroxyl groups is 1. The second kappa shape index (κ2) is 5.69. The van der Waals surface area contributed by atoms with E-state index in [0.717, 1.165) is 6.42 Å². The van der Waals surface area contributed by atoms with Crippen LogP contribution >= 0.6 is 23.2 Å². The summed E-state index contributed by atoms with van der Waals surface area (Å²) < 4.78 is 1.68. The molecule has 0 spiro atoms. The van der Waals surface area contributed by atoms with E-state index in [9.17, 15) is 5.11 Å². The van der Waals surface area contributed by atoms with Crippen LogP contribution in [-0.4, -0.2) is 19.9 Å². The maximum absolute atomic E-state index is 10.3. The molecule has 1 unspecified atom stereocenters. The summed E-state index contributed by atoms with van der Waals surface area (Å²) in [6, 6.07) is 4.98. The minimum atomic E-state index is -0.899. The summed E-state index contributed by atoms with van der Waals surface area (Å²) in [5.74, 6) is 0.487. The number of nitrogens with zero attached hydrogens (tertiary/aromatic N) is 3. The number of aromatic nitrogens is 3. The van der Waals surface area contributed by atoms with Gasteiger partial charge in [0.2, 0.25) is 0 Å². The van der Waals surface area contributed by atoms with E-state index in [4.69, 9.17) is 23.2 Å². The molecule has 0 saturated carbocycles. The predicted molar refractivity (Wildman–Crippen MR) is 70.8 cm³/mol. The summed E-state index contributed by atoms with van der Waals surface area (Å²) in [5, 5.41) is 15.3. The second-order valence-electron chi connectivity index (χ2n) is 3.91. The molecule has 2 aromatic rings. The lowest BCUT2D eigenvalue weighted by Gasteiger charge is -2.13. The first kappa shape index (κ1) is 13.3. The number of benzene rings is 1. The molecule has 1 atom stereocenters. The molecule has 0 bridgehead atoms. The van der Waals surface area contributed by atoms with Gasteiger partial charge in [0, 0.05) is 22.2 Å². The van der Waals surface area contributed by atoms with Crippen molar-refractivity contribution in [3.63, 3.8) is 0 Å². The van der Waals surface area contributed by atoms with Crippen LogP contribution in [0.4, 0.5) is 0 Å². The van der Waals surface area contributed by atoms with Gasteiger partial charge in [-0.2, -0.15) is 5.10 Å². The average Bonchev–Trinajstić information content (AvgIpc) is 2.77. The Morgan fingerprint density at radius 2 is 2.17 bits per heavy atom. The highest BCUT2D eigenvalue weighted by Gasteiger charge is 2.19. The van der Waals surface area contributed by atoms with Crippen LogP contribution in [-0.2, 0) is 6.54 Å². The van der Waals surface area contributed by atoms with Gasteiger partial charge in [0.05, 0.1) is 0 Å². The number of rotatable bonds is 4. The van der Waals surface area contributed by atoms with Crippen molar-refractivity contribution in [1.82, 2.24) is 14.8 Å². The van der Waals surface area contributed by atoms with Gasteiger partial charge < -0.3 is 5.11 Å². The summed E-state index contributed by atoms with van der Waals surface area (Å²) in [6.07, 6.45) is 1.44. The summed E-state index contributed by atoms with van der Waals surface area (Å²) in [6.45, 7) is 2.74. The van der Waals surface area contributed by atoms with Crippen molar-refractivity contribution in [2.45, 2.75) is 26.0 Å². The van der Waals surface area contributed by atoms with E-state index in [1.165, 1.54) is 6.33 Å². The smallest absolute Gasteiger partial charge is 0.160 e. The SMILES string of the molecule is CCCn1ncnc1C(O)c1ccc(Cl)cc1Cl. The quantitative estimate of drug-likeness (QED) is 0.939. The van der Waals surface area contributed by atoms with Crippen LogP contribution in [0.15, 0.2) is 24.5 Å². The Kier molecular flexibility index (Phi) is 4.22. The van der Waals surface area contributed by atoms with E-state index < -0.39 is 6.10 Å². The third kappa shape index (κ3) is 2.66. The Labute approximate surface area is 115 Å². The van der Waals surface area contributed by atoms with Crippen LogP contribution in [0.25, 0.3) is 0 Å². The third-order valence-corrected chi connectivity index (χ3v) is 3.14. The molecule has 0 fully saturated rings. The summed E-state index contributed by atoms with van der Waals surface area (Å²) in [5.41, 5.74) is 0.575. The Morgan fingerprint density at radius 3 is 2.83 bits per heavy atom. The van der Waals surface area contributed by atoms with E-state index in [1.807, 2.05) is 6.92 Å². The lowest BCUT2D eigenvalue weighted by Crippen LogP contribution is -2.11. The highest BCUT2D eigenvalue weighted by Crippen LogP contribution is 2.29. The number of aliphatic hydroxyl groups excluding tert-OH is 1. The van der Waals surface area contributed by atoms with Crippen LogP contribution in [0.1, 0.15) is 30.8 Å². The molecule has 1 aromatic heterocycles. The fraction of sp³-hybridized carbons (Fsp3) is 0.333. The van der Waals surface area contributed by atoms with Crippen molar-refractivity contribution in [2.24, 2.45) is 0 Å². The molecule has 96 valence electrons. The molecular formula is C12H13Cl2N3O. The van der Waals surface area contributed by atoms with Gasteiger partial charge in [-0.15, -0.1) is 0 Å². The monoisotopic (exact) mass is 285 g/mol. The molecule has 0 amide bonds. The van der Waals surface area contributed by atoms with Crippen LogP contribution in [0.3, 0.4) is 0 Å². The first-order valence-electron chi connectivity index (χ1n) is 5.64. The minimum absolute atomic E-state index is 0.418. The molecule has 2 rings (SSSR count). The first-order valence-corrected chi connectivity index (χ1v) is 6.39. The maximum Gasteiger partial charge on any atom is 0.160 e. The van der Waals surface area contributed by atoms with Crippen LogP contribution < -0.4 is 0 Å². The largest absolute Gasteiger partial charge is 0.380 e. The molecule has 0 aliphatic heterocycles. The van der Waals surface area contributed by atoms with Gasteiger partial charge >= 0.3 is 0 Å². The van der Waals surface area contributed by atoms with Gasteiger partial charge in [0.1, 0.15) is 12.4 Å². The molecule has 1 N–H and O–H groups in total. The fourth-order valence-corrected chi connectivity index (χ4v) is 2.24. The number of halogens is 2. The minimum Gasteiger partial charge on any atom is -0.380 e. The van der Waals surface area contributed by atoms with Gasteiger partial charge in [0.25, 0.3) is 0 Å². The van der Waals surface area contributed by atoms with E-state index in [1.54, 1.807) is 22.9 Å². The Bertz CT molecular complexity index is 542. The van der Waals surface area contributed by atoms with E-state index >= 15 is 0 Å². The third-order valence-electron chi connectivity index (χ3n) is 2.58. The standard InChI is InChI=1S/C12H13Cl2N3O/c1-2-5-17-12(15-7-16-17)11(18)9-4-3-8(13)6-10(9)14/h3-4,6-7,11,18H,2,5H2,1H3. The molecule has 0 aliphatic rings. The molecule has 0 aliphatic carbocycles. The van der Waals surface area contributed by atoms with Crippen molar-refractivity contribution >= 4 is 23.2 Å². The highest BCUT2D eigenvalue weighted by molar-refractivity contribution is 6.35. The van der Waals surface area contributed by atoms with E-state index in [-0.39, 0.29) is 0 Å². The lowest BCUT2D eigenvalue weighted by molar-refractivity contribution is 0.202. The van der Waals surface area contributed by atoms with Gasteiger partial charge in [-0.05, 0) is 18.6 Å². The number of hydrogen-bond donors (Lipinski definition) is 1. The van der Waals surface area contributed by atoms with Crippen molar-refractivity contribution in [3.05, 3.63) is 46.0 Å². The maximum atomic E-state index is 10.3. The predicted octanol–water partition coefficient (Wildman–Crippen LogP) is 3.08. The zero-order valence-electron chi connectivity index (χ0n) is 9.85. The van der Waals surface area contributed by atoms with Gasteiger partial charge in [-0.25, -0.2) is 9.67 Å². The topological polar surface area (TPSA) is 50.9 Å². The van der Waals surface area contributed by atoms with Gasteiger partial charge in [-0.1, -0.05) is 36.2 Å². The Balaban J connectivity index is 2.35. The number of aryl methyl sites for hydroxylation is 1. The summed E-state index contributed by atoms with van der Waals surface area (Å²) >= 11 is 11.9. The van der Waals surface area contributed by atoms with Crippen molar-refractivity contribution in [1.29, 1.82) is 0 Å². The first-order chi connectivity index (χ1) is 8.63. The highest BCUT2D eigenvalue weighted by atomic mass is 35.5. The van der Waals surface area contributed by atoms with Crippen LogP contribution in [0, 0.1) is 0 Å². The normalized spacial score (nSPS) is 12.7. The molecule has 18 heavy (non-hydrogen) atoms. The lowest BCUT2D eigenvalue weighted by atomic mass is 10.1. The molecule has 0 radical (unpaired) electrons. The van der Waals surface area contributed by atoms with Crippen LogP contribution in [0.5, 0.6) is 0 Å². The summed E-state index contributed by atoms with van der Waals surface area (Å²) in [4.78, 5) is 4.08. The summed E-state index contributed by atoms with van der Waals surface area (Å²) in [7, 11) is 0. The van der Waals surface area contributed by atoms with Crippen molar-refractivity contribution in [3.8, 4) is 0 Å². The van der Waals surface area contributed by atoms with Crippen molar-refractivity contribution < 1.29 is 5.11 Å². The number of hydrogen-bond acceptors (Lipinski definition) is 3. The zero-order valence-corrected chi connectivity index (χ0v) is 11.4. The molecule has 1 aromatic carbocycles. The van der Waals surface area contributed by atoms with E-state index in [0.29, 0.717) is 28.0 Å². The molecule has 6 heteroatoms. The van der Waals surface area contributed by atoms with E-state index in [2.05, 4.69) is 10.1 Å². The van der Waals surface area contributed by atoms with Gasteiger partial charge in [-0.3, -0.25) is 0 Å². The molecule has 0 saturated heterocycles. The van der Waals surface area contributed by atoms with Crippen LogP contribution in [0.2, 0.25) is 10.0 Å². The fourth-order valence-electron chi connectivity index (χ4n) is 1.73. The Hall–Kier alpha value is -1.10. The molecule has 4 nitrogen and oxygen atoms in total. The van der Waals surface area contributed by atoms with Crippen molar-refractivity contribution in [2.75, 3.05) is 0 Å². The molecule has 1 heterocycles. The second-order valence-corrected chi connectivity index (χ2v) is 4.75. The van der Waals surface area contributed by atoms with Gasteiger partial charge in [0.15, 0.2) is 5.82 Å². The average molecular weight is 286 g/mol.